The zero-order valence-corrected chi connectivity index (χ0v) is 31.1. The fourth-order valence-corrected chi connectivity index (χ4v) is 8.37. The van der Waals surface area contributed by atoms with E-state index in [0.717, 1.165) is 38.6 Å². The predicted octanol–water partition coefficient (Wildman–Crippen LogP) is 6.32. The van der Waals surface area contributed by atoms with E-state index in [1.165, 1.54) is 64.2 Å². The second-order valence-electron chi connectivity index (χ2n) is 13.4. The quantitative estimate of drug-likeness (QED) is 0.0956. The van der Waals surface area contributed by atoms with Crippen molar-refractivity contribution in [1.82, 2.24) is 15.1 Å². The van der Waals surface area contributed by atoms with Gasteiger partial charge in [0.15, 0.2) is 0 Å². The van der Waals surface area contributed by atoms with Gasteiger partial charge in [0.25, 0.3) is 0 Å². The van der Waals surface area contributed by atoms with Crippen LogP contribution in [0.4, 0.5) is 0 Å². The van der Waals surface area contributed by atoms with Crippen LogP contribution < -0.4 is 5.32 Å². The van der Waals surface area contributed by atoms with Gasteiger partial charge in [-0.25, -0.2) is 9.13 Å². The maximum absolute atomic E-state index is 12.7. The van der Waals surface area contributed by atoms with E-state index in [1.807, 2.05) is 0 Å². The Morgan fingerprint density at radius 3 is 1.21 bits per heavy atom. The summed E-state index contributed by atoms with van der Waals surface area (Å²) in [4.78, 5) is 47.9. The summed E-state index contributed by atoms with van der Waals surface area (Å²) in [6.45, 7) is 8.82. The Morgan fingerprint density at radius 1 is 0.553 bits per heavy atom. The molecule has 2 fully saturated rings. The van der Waals surface area contributed by atoms with Crippen molar-refractivity contribution in [1.29, 1.82) is 0 Å². The lowest BCUT2D eigenvalue weighted by molar-refractivity contribution is -0.135. The minimum atomic E-state index is -4.07. The van der Waals surface area contributed by atoms with Crippen LogP contribution in [0.1, 0.15) is 130 Å². The molecular formula is C32H63N3O10P2. The molecular weight excluding hydrogens is 648 g/mol. The van der Waals surface area contributed by atoms with Crippen LogP contribution in [0.15, 0.2) is 0 Å². The van der Waals surface area contributed by atoms with Gasteiger partial charge in [-0.1, -0.05) is 83.5 Å². The number of rotatable bonds is 20. The zero-order chi connectivity index (χ0) is 34.7. The van der Waals surface area contributed by atoms with Gasteiger partial charge in [-0.05, 0) is 47.1 Å². The van der Waals surface area contributed by atoms with E-state index < -0.39 is 40.1 Å². The Morgan fingerprint density at radius 2 is 0.851 bits per heavy atom. The highest BCUT2D eigenvalue weighted by atomic mass is 31.2. The monoisotopic (exact) mass is 711 g/mol. The highest BCUT2D eigenvalue weighted by molar-refractivity contribution is 7.47. The summed E-state index contributed by atoms with van der Waals surface area (Å²) in [6, 6.07) is 0. The van der Waals surface area contributed by atoms with Crippen molar-refractivity contribution < 1.29 is 46.6 Å². The molecule has 47 heavy (non-hydrogen) atoms. The topological polar surface area (TPSA) is 164 Å². The van der Waals surface area contributed by atoms with E-state index in [9.17, 15) is 28.5 Å². The molecule has 2 heterocycles. The number of hydrogen-bond donors (Lipinski definition) is 3. The average Bonchev–Trinajstić information content (AvgIpc) is 2.94. The Kier molecular flexibility index (Phi) is 20.5. The fraction of sp³-hybridized carbons (Fsp3) is 0.938. The minimum Gasteiger partial charge on any atom is -0.337 e. The van der Waals surface area contributed by atoms with E-state index >= 15 is 0 Å². The minimum absolute atomic E-state index is 0.0498. The second-order valence-corrected chi connectivity index (χ2v) is 16.1. The summed E-state index contributed by atoms with van der Waals surface area (Å²) < 4.78 is 43.9. The maximum atomic E-state index is 12.7. The molecule has 2 aliphatic rings. The molecule has 2 rings (SSSR count). The third-order valence-electron chi connectivity index (χ3n) is 8.39. The van der Waals surface area contributed by atoms with Crippen LogP contribution >= 0.6 is 15.6 Å². The number of phosphoric acid groups is 2. The second kappa shape index (κ2) is 22.8. The van der Waals surface area contributed by atoms with Gasteiger partial charge < -0.3 is 24.9 Å². The molecule has 15 heteroatoms. The molecule has 2 saturated heterocycles. The molecule has 0 radical (unpaired) electrons. The van der Waals surface area contributed by atoms with Gasteiger partial charge in [-0.2, -0.15) is 0 Å². The van der Waals surface area contributed by atoms with Gasteiger partial charge in [0.05, 0.1) is 31.0 Å². The van der Waals surface area contributed by atoms with Crippen molar-refractivity contribution in [2.24, 2.45) is 0 Å². The first-order valence-electron chi connectivity index (χ1n) is 17.9. The van der Waals surface area contributed by atoms with E-state index in [4.69, 9.17) is 18.1 Å². The number of carbonyl (C=O) groups excluding carboxylic acids is 2. The van der Waals surface area contributed by atoms with Crippen molar-refractivity contribution in [3.05, 3.63) is 0 Å². The van der Waals surface area contributed by atoms with Crippen molar-refractivity contribution in [3.63, 3.8) is 0 Å². The number of hydrogen-bond acceptors (Lipinski definition) is 9. The molecule has 3 N–H and O–H groups in total. The van der Waals surface area contributed by atoms with E-state index in [-0.39, 0.29) is 31.4 Å². The number of nitrogens with one attached hydrogen (secondary N) is 1. The van der Waals surface area contributed by atoms with Gasteiger partial charge in [-0.15, -0.1) is 0 Å². The zero-order valence-electron chi connectivity index (χ0n) is 29.3. The summed E-state index contributed by atoms with van der Waals surface area (Å²) >= 11 is 0. The first-order chi connectivity index (χ1) is 22.3. The van der Waals surface area contributed by atoms with Crippen molar-refractivity contribution >= 4 is 27.5 Å². The molecule has 0 saturated carbocycles. The molecule has 0 aromatic carbocycles. The van der Waals surface area contributed by atoms with Gasteiger partial charge >= 0.3 is 15.6 Å². The number of carbonyl (C=O) groups is 2. The van der Waals surface area contributed by atoms with E-state index in [0.29, 0.717) is 19.5 Å². The third kappa shape index (κ3) is 19.8. The first kappa shape index (κ1) is 42.3. The first-order valence-corrected chi connectivity index (χ1v) is 20.9. The summed E-state index contributed by atoms with van der Waals surface area (Å²) in [5.74, 6) is -0.00882. The Bertz CT molecular complexity index is 894. The standard InChI is InChI=1S/C32H63N3O10P2/c1-27-23-34(24-28(2)43-46(38,39)42-27)31(36)20-18-16-14-12-10-8-6-5-7-9-11-13-15-17-19-21-33-22-32(37)35-25-29(3)44-47(40,41)45-30(4)26-35/h27-30,33H,5-26H2,1-4H3,(H,38,39)(H,40,41). The summed E-state index contributed by atoms with van der Waals surface area (Å²) in [5.41, 5.74) is 0. The predicted molar refractivity (Wildman–Crippen MR) is 182 cm³/mol. The van der Waals surface area contributed by atoms with Gasteiger partial charge in [-0.3, -0.25) is 27.7 Å². The summed E-state index contributed by atoms with van der Waals surface area (Å²) in [6.07, 6.45) is 16.1. The lowest BCUT2D eigenvalue weighted by Crippen LogP contribution is -2.46. The Hall–Kier alpha value is -0.880. The molecule has 4 atom stereocenters. The molecule has 0 aromatic heterocycles. The van der Waals surface area contributed by atoms with Crippen LogP contribution in [0, 0.1) is 0 Å². The van der Waals surface area contributed by atoms with Crippen LogP contribution in [0.25, 0.3) is 0 Å². The lowest BCUT2D eigenvalue weighted by atomic mass is 10.0. The highest BCUT2D eigenvalue weighted by Crippen LogP contribution is 2.47. The van der Waals surface area contributed by atoms with Crippen molar-refractivity contribution in [3.8, 4) is 0 Å². The number of amides is 2. The Balaban J connectivity index is 1.35. The van der Waals surface area contributed by atoms with Gasteiger partial charge in [0, 0.05) is 32.6 Å². The largest absolute Gasteiger partial charge is 0.472 e. The van der Waals surface area contributed by atoms with Crippen LogP contribution in [0.3, 0.4) is 0 Å². The van der Waals surface area contributed by atoms with Crippen molar-refractivity contribution in [2.45, 2.75) is 155 Å². The fourth-order valence-electron chi connectivity index (χ4n) is 6.18. The number of phosphoric ester groups is 2. The van der Waals surface area contributed by atoms with Gasteiger partial charge in [0.1, 0.15) is 0 Å². The molecule has 0 aromatic rings. The van der Waals surface area contributed by atoms with Crippen LogP contribution in [-0.2, 0) is 36.8 Å². The summed E-state index contributed by atoms with van der Waals surface area (Å²) in [5, 5.41) is 3.23. The maximum Gasteiger partial charge on any atom is 0.472 e. The molecule has 2 amide bonds. The van der Waals surface area contributed by atoms with E-state index in [1.54, 1.807) is 37.5 Å². The highest BCUT2D eigenvalue weighted by Gasteiger charge is 2.34. The SMILES string of the molecule is CC1CN(C(=O)CCCCCCCCCCCCCCCCCNCC(=O)N2CC(C)OP(=O)(O)OC(C)C2)CC(C)OP(=O)(O)O1. The van der Waals surface area contributed by atoms with E-state index in [2.05, 4.69) is 5.32 Å². The number of nitrogens with zero attached hydrogens (tertiary/aromatic N) is 2. The molecule has 4 unspecified atom stereocenters. The molecule has 0 spiro atoms. The van der Waals surface area contributed by atoms with Crippen molar-refractivity contribution in [2.75, 3.05) is 39.3 Å². The summed E-state index contributed by atoms with van der Waals surface area (Å²) in [7, 11) is -8.13. The molecule has 276 valence electrons. The smallest absolute Gasteiger partial charge is 0.337 e. The number of unbranched alkanes of at least 4 members (excludes halogenated alkanes) is 14. The average molecular weight is 712 g/mol. The normalized spacial score (nSPS) is 29.1. The molecule has 13 nitrogen and oxygen atoms in total. The third-order valence-corrected chi connectivity index (χ3v) is 10.9. The lowest BCUT2D eigenvalue weighted by Gasteiger charge is -2.32. The van der Waals surface area contributed by atoms with Gasteiger partial charge in [0.2, 0.25) is 11.8 Å². The van der Waals surface area contributed by atoms with Crippen LogP contribution in [0.2, 0.25) is 0 Å². The molecule has 0 bridgehead atoms. The van der Waals surface area contributed by atoms with Crippen LogP contribution in [-0.4, -0.2) is 95.1 Å². The Labute approximate surface area is 283 Å². The molecule has 2 aliphatic heterocycles. The van der Waals surface area contributed by atoms with Crippen LogP contribution in [0.5, 0.6) is 0 Å². The molecule has 0 aliphatic carbocycles.